The second-order valence-electron chi connectivity index (χ2n) is 6.77. The molecule has 0 saturated carbocycles. The van der Waals surface area contributed by atoms with Crippen LogP contribution >= 0.6 is 0 Å². The summed E-state index contributed by atoms with van der Waals surface area (Å²) in [6, 6.07) is 7.93. The molecule has 0 amide bonds. The number of esters is 1. The van der Waals surface area contributed by atoms with E-state index >= 15 is 0 Å². The first kappa shape index (κ1) is 20.6. The van der Waals surface area contributed by atoms with Gasteiger partial charge in [-0.2, -0.15) is 0 Å². The molecule has 1 aliphatic carbocycles. The number of hydrogen-bond donors (Lipinski definition) is 1. The number of carbonyl (C=O) groups is 1. The van der Waals surface area contributed by atoms with Crippen LogP contribution in [0.4, 0.5) is 0 Å². The van der Waals surface area contributed by atoms with E-state index in [4.69, 9.17) is 9.84 Å². The van der Waals surface area contributed by atoms with Crippen molar-refractivity contribution < 1.29 is 14.6 Å². The molecular formula is C23H24N2O4. The minimum atomic E-state index is -0.379. The second-order valence-corrected chi connectivity index (χ2v) is 6.77. The van der Waals surface area contributed by atoms with Crippen molar-refractivity contribution in [1.29, 1.82) is 0 Å². The molecule has 0 atom stereocenters. The highest BCUT2D eigenvalue weighted by atomic mass is 16.5. The monoisotopic (exact) mass is 392 g/mol. The van der Waals surface area contributed by atoms with E-state index in [1.165, 1.54) is 0 Å². The van der Waals surface area contributed by atoms with E-state index in [2.05, 4.69) is 22.3 Å². The maximum absolute atomic E-state index is 12.1. The standard InChI is InChI=1S/C23H24N2O4/c1-2-29-22(27)13-18-14-24-21-9-4-3-8-20(21)23(18)17-7-5-6-16(12-17)10-11-19(15-26)25-28/h5-9,11-12,14,26H,2-4,10,13,15H2,1H3/b19-11+. The lowest BCUT2D eigenvalue weighted by molar-refractivity contribution is -0.142. The summed E-state index contributed by atoms with van der Waals surface area (Å²) in [4.78, 5) is 27.3. The second kappa shape index (κ2) is 9.89. The first-order valence-electron chi connectivity index (χ1n) is 9.72. The Bertz CT molecular complexity index is 1060. The first-order chi connectivity index (χ1) is 14.2. The van der Waals surface area contributed by atoms with Crippen molar-refractivity contribution in [3.63, 3.8) is 0 Å². The molecule has 0 unspecified atom stereocenters. The van der Waals surface area contributed by atoms with E-state index in [0.717, 1.165) is 45.7 Å². The average molecular weight is 392 g/mol. The number of ether oxygens (including phenoxy) is 1. The molecule has 0 radical (unpaired) electrons. The number of aliphatic hydroxyl groups is 1. The fourth-order valence-corrected chi connectivity index (χ4v) is 3.46. The highest BCUT2D eigenvalue weighted by Crippen LogP contribution is 2.22. The Morgan fingerprint density at radius 2 is 2.14 bits per heavy atom. The lowest BCUT2D eigenvalue weighted by Crippen LogP contribution is -2.33. The molecule has 150 valence electrons. The number of hydrogen-bond acceptors (Lipinski definition) is 6. The van der Waals surface area contributed by atoms with Crippen LogP contribution in [0.1, 0.15) is 30.9 Å². The Kier molecular flexibility index (Phi) is 7.03. The van der Waals surface area contributed by atoms with Gasteiger partial charge in [0.15, 0.2) is 0 Å². The summed E-state index contributed by atoms with van der Waals surface area (Å²) in [5.41, 5.74) is 3.88. The summed E-state index contributed by atoms with van der Waals surface area (Å²) >= 11 is 0. The smallest absolute Gasteiger partial charge is 0.310 e. The minimum Gasteiger partial charge on any atom is -0.466 e. The van der Waals surface area contributed by atoms with Gasteiger partial charge in [-0.25, -0.2) is 0 Å². The molecule has 1 aliphatic rings. The highest BCUT2D eigenvalue weighted by molar-refractivity contribution is 5.78. The number of rotatable bonds is 8. The Balaban J connectivity index is 2.07. The van der Waals surface area contributed by atoms with E-state index in [9.17, 15) is 9.70 Å². The molecule has 6 heteroatoms. The zero-order valence-corrected chi connectivity index (χ0v) is 16.4. The molecule has 1 aromatic heterocycles. The molecular weight excluding hydrogens is 368 g/mol. The zero-order valence-electron chi connectivity index (χ0n) is 16.4. The van der Waals surface area contributed by atoms with Gasteiger partial charge in [0.1, 0.15) is 5.70 Å². The normalized spacial score (nSPS) is 13.1. The summed E-state index contributed by atoms with van der Waals surface area (Å²) < 4.78 is 5.14. The number of nitrogens with zero attached hydrogens (tertiary/aromatic N) is 2. The molecule has 6 nitrogen and oxygen atoms in total. The Morgan fingerprint density at radius 1 is 1.31 bits per heavy atom. The van der Waals surface area contributed by atoms with Crippen LogP contribution in [-0.2, 0) is 22.4 Å². The fraction of sp³-hybridized carbons (Fsp3) is 0.304. The molecule has 0 aliphatic heterocycles. The van der Waals surface area contributed by atoms with Gasteiger partial charge in [0.2, 0.25) is 0 Å². The van der Waals surface area contributed by atoms with Gasteiger partial charge in [0.25, 0.3) is 0 Å². The molecule has 0 spiro atoms. The Labute approximate surface area is 169 Å². The van der Waals surface area contributed by atoms with Gasteiger partial charge < -0.3 is 9.84 Å². The Hall–Kier alpha value is -3.12. The predicted octanol–water partition coefficient (Wildman–Crippen LogP) is 2.39. The SMILES string of the molecule is CCOC(=O)Cc1cnc2c(c1-c1cccc(C/C=C(\CO)N=O)c1)=CCCC=2. The predicted molar refractivity (Wildman–Crippen MR) is 112 cm³/mol. The molecule has 1 heterocycles. The van der Waals surface area contributed by atoms with Crippen LogP contribution < -0.4 is 10.6 Å². The maximum Gasteiger partial charge on any atom is 0.310 e. The van der Waals surface area contributed by atoms with Gasteiger partial charge in [0, 0.05) is 11.4 Å². The number of benzene rings is 1. The van der Waals surface area contributed by atoms with E-state index in [-0.39, 0.29) is 24.7 Å². The minimum absolute atomic E-state index is 0.114. The Morgan fingerprint density at radius 3 is 2.90 bits per heavy atom. The lowest BCUT2D eigenvalue weighted by atomic mass is 9.93. The quantitative estimate of drug-likeness (QED) is 0.550. The third kappa shape index (κ3) is 5.03. The summed E-state index contributed by atoms with van der Waals surface area (Å²) in [5.74, 6) is -0.279. The molecule has 0 bridgehead atoms. The van der Waals surface area contributed by atoms with Gasteiger partial charge in [-0.05, 0) is 53.6 Å². The van der Waals surface area contributed by atoms with Crippen LogP contribution in [-0.4, -0.2) is 29.3 Å². The van der Waals surface area contributed by atoms with Crippen LogP contribution in [0.2, 0.25) is 0 Å². The van der Waals surface area contributed by atoms with Crippen molar-refractivity contribution in [2.45, 2.75) is 32.6 Å². The number of fused-ring (bicyclic) bond motifs is 1. The molecule has 1 aromatic carbocycles. The van der Waals surface area contributed by atoms with E-state index < -0.39 is 0 Å². The summed E-state index contributed by atoms with van der Waals surface area (Å²) in [6.45, 7) is 1.75. The van der Waals surface area contributed by atoms with Gasteiger partial charge in [-0.15, -0.1) is 4.91 Å². The van der Waals surface area contributed by atoms with Crippen molar-refractivity contribution in [3.05, 3.63) is 68.8 Å². The highest BCUT2D eigenvalue weighted by Gasteiger charge is 2.14. The fourth-order valence-electron chi connectivity index (χ4n) is 3.46. The van der Waals surface area contributed by atoms with E-state index in [1.54, 1.807) is 19.2 Å². The van der Waals surface area contributed by atoms with E-state index in [1.807, 2.05) is 24.3 Å². The van der Waals surface area contributed by atoms with Crippen molar-refractivity contribution in [2.75, 3.05) is 13.2 Å². The van der Waals surface area contributed by atoms with Crippen molar-refractivity contribution in [2.24, 2.45) is 5.18 Å². The summed E-state index contributed by atoms with van der Waals surface area (Å²) in [5, 5.41) is 13.9. The van der Waals surface area contributed by atoms with Crippen molar-refractivity contribution in [3.8, 4) is 11.1 Å². The first-order valence-corrected chi connectivity index (χ1v) is 9.72. The summed E-state index contributed by atoms with van der Waals surface area (Å²) in [6.07, 6.45) is 10.2. The van der Waals surface area contributed by atoms with Gasteiger partial charge >= 0.3 is 5.97 Å². The molecule has 3 rings (SSSR count). The van der Waals surface area contributed by atoms with Gasteiger partial charge in [0.05, 0.1) is 25.0 Å². The van der Waals surface area contributed by atoms with Crippen LogP contribution in [0.15, 0.2) is 47.4 Å². The number of pyridine rings is 1. The zero-order chi connectivity index (χ0) is 20.6. The van der Waals surface area contributed by atoms with Crippen LogP contribution in [0.25, 0.3) is 23.3 Å². The van der Waals surface area contributed by atoms with Crippen molar-refractivity contribution in [1.82, 2.24) is 4.98 Å². The van der Waals surface area contributed by atoms with Crippen LogP contribution in [0.3, 0.4) is 0 Å². The molecule has 0 saturated heterocycles. The molecule has 2 aromatic rings. The average Bonchev–Trinajstić information content (AvgIpc) is 2.74. The number of nitroso groups, excluding NO2 is 1. The number of carbonyl (C=O) groups excluding carboxylic acids is 1. The topological polar surface area (TPSA) is 88.8 Å². The lowest BCUT2D eigenvalue weighted by Gasteiger charge is -2.14. The number of allylic oxidation sites excluding steroid dienone is 1. The van der Waals surface area contributed by atoms with Crippen LogP contribution in [0.5, 0.6) is 0 Å². The van der Waals surface area contributed by atoms with Crippen LogP contribution in [0, 0.1) is 4.91 Å². The maximum atomic E-state index is 12.1. The molecule has 0 fully saturated rings. The molecule has 1 N–H and O–H groups in total. The molecule has 29 heavy (non-hydrogen) atoms. The summed E-state index contributed by atoms with van der Waals surface area (Å²) in [7, 11) is 0. The third-order valence-electron chi connectivity index (χ3n) is 4.79. The third-order valence-corrected chi connectivity index (χ3v) is 4.79. The number of aliphatic hydroxyl groups excluding tert-OH is 1. The van der Waals surface area contributed by atoms with E-state index in [0.29, 0.717) is 13.0 Å². The number of aromatic nitrogens is 1. The van der Waals surface area contributed by atoms with Crippen molar-refractivity contribution >= 4 is 18.1 Å². The largest absolute Gasteiger partial charge is 0.466 e. The van der Waals surface area contributed by atoms with Gasteiger partial charge in [-0.3, -0.25) is 9.78 Å². The van der Waals surface area contributed by atoms with Gasteiger partial charge in [-0.1, -0.05) is 42.5 Å².